The van der Waals surface area contributed by atoms with Crippen molar-refractivity contribution < 1.29 is 9.13 Å². The number of hydrogen-bond donors (Lipinski definition) is 0. The van der Waals surface area contributed by atoms with Gasteiger partial charge in [0.15, 0.2) is 0 Å². The third-order valence-electron chi connectivity index (χ3n) is 2.88. The van der Waals surface area contributed by atoms with Crippen LogP contribution in [0.25, 0.3) is 0 Å². The van der Waals surface area contributed by atoms with Gasteiger partial charge in [-0.2, -0.15) is 0 Å². The maximum absolute atomic E-state index is 13.1. The fourth-order valence-electron chi connectivity index (χ4n) is 1.79. The van der Waals surface area contributed by atoms with Gasteiger partial charge in [-0.1, -0.05) is 29.5 Å². The molecular formula is C17H13Cl2FO. The molecule has 0 fully saturated rings. The summed E-state index contributed by atoms with van der Waals surface area (Å²) in [5, 5.41) is 0.0963. The van der Waals surface area contributed by atoms with Gasteiger partial charge in [0, 0.05) is 5.56 Å². The Morgan fingerprint density at radius 3 is 2.67 bits per heavy atom. The van der Waals surface area contributed by atoms with Crippen molar-refractivity contribution in [3.05, 3.63) is 63.9 Å². The van der Waals surface area contributed by atoms with Gasteiger partial charge in [-0.15, -0.1) is 11.6 Å². The first-order chi connectivity index (χ1) is 10.1. The van der Waals surface area contributed by atoms with Crippen molar-refractivity contribution in [2.45, 2.75) is 13.5 Å². The van der Waals surface area contributed by atoms with Crippen molar-refractivity contribution >= 4 is 23.2 Å². The topological polar surface area (TPSA) is 9.23 Å². The number of rotatable bonds is 3. The highest BCUT2D eigenvalue weighted by molar-refractivity contribution is 6.30. The summed E-state index contributed by atoms with van der Waals surface area (Å²) >= 11 is 11.3. The number of alkyl halides is 1. The van der Waals surface area contributed by atoms with Crippen LogP contribution in [0.5, 0.6) is 5.75 Å². The number of hydrogen-bond acceptors (Lipinski definition) is 1. The maximum Gasteiger partial charge on any atom is 0.141 e. The van der Waals surface area contributed by atoms with Crippen LogP contribution < -0.4 is 4.74 Å². The van der Waals surface area contributed by atoms with Crippen LogP contribution in [0.15, 0.2) is 36.4 Å². The average molecular weight is 323 g/mol. The number of benzene rings is 2. The molecule has 2 rings (SSSR count). The van der Waals surface area contributed by atoms with Crippen molar-refractivity contribution in [2.24, 2.45) is 0 Å². The Balaban J connectivity index is 2.06. The zero-order valence-electron chi connectivity index (χ0n) is 11.4. The molecule has 0 N–H and O–H groups in total. The van der Waals surface area contributed by atoms with Gasteiger partial charge < -0.3 is 4.74 Å². The maximum atomic E-state index is 13.1. The zero-order valence-corrected chi connectivity index (χ0v) is 12.9. The van der Waals surface area contributed by atoms with Crippen LogP contribution in [0.2, 0.25) is 5.02 Å². The summed E-state index contributed by atoms with van der Waals surface area (Å²) in [5.74, 6) is 6.40. The average Bonchev–Trinajstić information content (AvgIpc) is 2.47. The van der Waals surface area contributed by atoms with E-state index < -0.39 is 5.82 Å². The van der Waals surface area contributed by atoms with Crippen LogP contribution in [0.1, 0.15) is 16.7 Å². The second kappa shape index (κ2) is 7.36. The number of halogens is 3. The highest BCUT2D eigenvalue weighted by atomic mass is 35.5. The van der Waals surface area contributed by atoms with Crippen LogP contribution >= 0.6 is 23.2 Å². The predicted molar refractivity (Wildman–Crippen MR) is 84.5 cm³/mol. The van der Waals surface area contributed by atoms with E-state index in [2.05, 4.69) is 11.8 Å². The number of aryl methyl sites for hydroxylation is 1. The molecule has 0 aliphatic heterocycles. The monoisotopic (exact) mass is 322 g/mol. The van der Waals surface area contributed by atoms with Crippen LogP contribution in [0, 0.1) is 24.6 Å². The van der Waals surface area contributed by atoms with Crippen LogP contribution in [-0.2, 0) is 6.61 Å². The molecule has 0 spiro atoms. The molecule has 0 atom stereocenters. The molecule has 1 nitrogen and oxygen atoms in total. The Bertz CT molecular complexity index is 702. The van der Waals surface area contributed by atoms with Gasteiger partial charge >= 0.3 is 0 Å². The lowest BCUT2D eigenvalue weighted by atomic mass is 10.1. The molecule has 0 saturated heterocycles. The van der Waals surface area contributed by atoms with E-state index in [4.69, 9.17) is 27.9 Å². The Morgan fingerprint density at radius 2 is 2.00 bits per heavy atom. The minimum atomic E-state index is -0.432. The van der Waals surface area contributed by atoms with Crippen molar-refractivity contribution in [3.8, 4) is 17.6 Å². The lowest BCUT2D eigenvalue weighted by Crippen LogP contribution is -1.97. The molecule has 0 saturated carbocycles. The van der Waals surface area contributed by atoms with Gasteiger partial charge in [0.1, 0.15) is 18.2 Å². The zero-order chi connectivity index (χ0) is 15.2. The summed E-state index contributed by atoms with van der Waals surface area (Å²) < 4.78 is 18.7. The summed E-state index contributed by atoms with van der Waals surface area (Å²) in [4.78, 5) is 0. The van der Waals surface area contributed by atoms with E-state index in [0.717, 1.165) is 22.4 Å². The molecule has 0 amide bonds. The van der Waals surface area contributed by atoms with E-state index >= 15 is 0 Å². The predicted octanol–water partition coefficient (Wildman–Crippen LogP) is 4.96. The van der Waals surface area contributed by atoms with Gasteiger partial charge in [-0.25, -0.2) is 4.39 Å². The molecule has 0 unspecified atom stereocenters. The Kier molecular flexibility index (Phi) is 5.50. The molecule has 0 aliphatic rings. The lowest BCUT2D eigenvalue weighted by molar-refractivity contribution is 0.306. The quantitative estimate of drug-likeness (QED) is 0.573. The fourth-order valence-corrected chi connectivity index (χ4v) is 2.06. The van der Waals surface area contributed by atoms with Crippen LogP contribution in [-0.4, -0.2) is 5.88 Å². The van der Waals surface area contributed by atoms with Gasteiger partial charge in [-0.05, 0) is 48.4 Å². The minimum Gasteiger partial charge on any atom is -0.489 e. The first-order valence-electron chi connectivity index (χ1n) is 6.32. The molecule has 0 bridgehead atoms. The molecule has 0 heterocycles. The molecule has 0 radical (unpaired) electrons. The van der Waals surface area contributed by atoms with E-state index in [9.17, 15) is 4.39 Å². The first-order valence-corrected chi connectivity index (χ1v) is 7.23. The third-order valence-corrected chi connectivity index (χ3v) is 3.30. The van der Waals surface area contributed by atoms with Gasteiger partial charge in [-0.3, -0.25) is 0 Å². The van der Waals surface area contributed by atoms with E-state index in [1.54, 1.807) is 12.1 Å². The molecule has 4 heteroatoms. The van der Waals surface area contributed by atoms with Crippen LogP contribution in [0.4, 0.5) is 4.39 Å². The molecule has 0 aliphatic carbocycles. The standard InChI is InChI=1S/C17H13Cl2FO/c1-12-9-15(6-5-14(12)3-2-8-18)21-11-13-4-7-17(20)16(19)10-13/h4-7,9-10H,8,11H2,1H3. The molecule has 108 valence electrons. The Labute approximate surface area is 133 Å². The van der Waals surface area contributed by atoms with Gasteiger partial charge in [0.25, 0.3) is 0 Å². The summed E-state index contributed by atoms with van der Waals surface area (Å²) in [5.41, 5.74) is 2.75. The van der Waals surface area contributed by atoms with E-state index in [0.29, 0.717) is 12.5 Å². The molecule has 2 aromatic carbocycles. The van der Waals surface area contributed by atoms with Crippen molar-refractivity contribution in [1.29, 1.82) is 0 Å². The summed E-state index contributed by atoms with van der Waals surface area (Å²) in [6.45, 7) is 2.28. The third kappa shape index (κ3) is 4.39. The normalized spacial score (nSPS) is 9.90. The molecule has 21 heavy (non-hydrogen) atoms. The van der Waals surface area contributed by atoms with Gasteiger partial charge in [0.05, 0.1) is 10.9 Å². The van der Waals surface area contributed by atoms with Crippen LogP contribution in [0.3, 0.4) is 0 Å². The SMILES string of the molecule is Cc1cc(OCc2ccc(F)c(Cl)c2)ccc1C#CCCl. The summed E-state index contributed by atoms with van der Waals surface area (Å²) in [7, 11) is 0. The fraction of sp³-hybridized carbons (Fsp3) is 0.176. The smallest absolute Gasteiger partial charge is 0.141 e. The van der Waals surface area contributed by atoms with Crippen molar-refractivity contribution in [3.63, 3.8) is 0 Å². The number of ether oxygens (including phenoxy) is 1. The Hall–Kier alpha value is -1.69. The van der Waals surface area contributed by atoms with E-state index in [1.165, 1.54) is 6.07 Å². The van der Waals surface area contributed by atoms with Gasteiger partial charge in [0.2, 0.25) is 0 Å². The molecule has 2 aromatic rings. The largest absolute Gasteiger partial charge is 0.489 e. The lowest BCUT2D eigenvalue weighted by Gasteiger charge is -2.08. The highest BCUT2D eigenvalue weighted by Gasteiger charge is 2.03. The highest BCUT2D eigenvalue weighted by Crippen LogP contribution is 2.20. The summed E-state index contributed by atoms with van der Waals surface area (Å²) in [6, 6.07) is 10.2. The molecular weight excluding hydrogens is 310 g/mol. The van der Waals surface area contributed by atoms with Crippen molar-refractivity contribution in [2.75, 3.05) is 5.88 Å². The minimum absolute atomic E-state index is 0.0963. The second-order valence-electron chi connectivity index (χ2n) is 4.45. The van der Waals surface area contributed by atoms with E-state index in [1.807, 2.05) is 25.1 Å². The Morgan fingerprint density at radius 1 is 1.19 bits per heavy atom. The summed E-state index contributed by atoms with van der Waals surface area (Å²) in [6.07, 6.45) is 0. The second-order valence-corrected chi connectivity index (χ2v) is 5.12. The molecule has 0 aromatic heterocycles. The van der Waals surface area contributed by atoms with Crippen molar-refractivity contribution in [1.82, 2.24) is 0 Å². The first kappa shape index (κ1) is 15.7. The van der Waals surface area contributed by atoms with E-state index in [-0.39, 0.29) is 5.02 Å².